The van der Waals surface area contributed by atoms with Gasteiger partial charge >= 0.3 is 33.4 Å². The highest BCUT2D eigenvalue weighted by atomic mass is 32.3. The topological polar surface area (TPSA) is 56.5 Å². The zero-order chi connectivity index (χ0) is 25.0. The van der Waals surface area contributed by atoms with Crippen LogP contribution < -0.4 is 0 Å². The van der Waals surface area contributed by atoms with Crippen LogP contribution in [0, 0.1) is 4.51 Å². The summed E-state index contributed by atoms with van der Waals surface area (Å²) in [6.07, 6.45) is -7.17. The molecule has 0 N–H and O–H groups in total. The predicted molar refractivity (Wildman–Crippen MR) is 101 cm³/mol. The van der Waals surface area contributed by atoms with Crippen LogP contribution in [0.5, 0.6) is 0 Å². The predicted octanol–water partition coefficient (Wildman–Crippen LogP) is 7.09. The van der Waals surface area contributed by atoms with Crippen molar-refractivity contribution in [1.82, 2.24) is 0 Å². The molecule has 180 valence electrons. The molecule has 0 saturated carbocycles. The fourth-order valence-corrected chi connectivity index (χ4v) is 4.55. The Morgan fingerprint density at radius 3 is 2.00 bits per heavy atom. The summed E-state index contributed by atoms with van der Waals surface area (Å²) in [6, 6.07) is 9.71. The van der Waals surface area contributed by atoms with Gasteiger partial charge in [0.25, 0.3) is 0 Å². The van der Waals surface area contributed by atoms with Crippen LogP contribution in [-0.2, 0) is 13.7 Å². The highest BCUT2D eigenvalue weighted by molar-refractivity contribution is 8.04. The first-order valence-electron chi connectivity index (χ1n) is 8.20. The first-order chi connectivity index (χ1) is 14.9. The monoisotopic (exact) mass is 542 g/mol. The molecule has 3 aromatic rings. The van der Waals surface area contributed by atoms with E-state index in [1.54, 1.807) is 24.3 Å². The van der Waals surface area contributed by atoms with Crippen molar-refractivity contribution in [2.45, 2.75) is 28.2 Å². The number of rotatable bonds is 6. The fraction of sp³-hybridized carbons (Fsp3) is 0.235. The maximum atomic E-state index is 13.7. The van der Waals surface area contributed by atoms with Crippen molar-refractivity contribution in [3.8, 4) is 0 Å². The van der Waals surface area contributed by atoms with Crippen molar-refractivity contribution in [2.75, 3.05) is 0 Å². The van der Waals surface area contributed by atoms with E-state index in [-0.39, 0.29) is 20.4 Å². The Kier molecular flexibility index (Phi) is 6.22. The van der Waals surface area contributed by atoms with Gasteiger partial charge < -0.3 is 4.42 Å². The van der Waals surface area contributed by atoms with Gasteiger partial charge in [0.1, 0.15) is 11.2 Å². The molecule has 0 saturated heterocycles. The molecule has 0 atom stereocenters. The molecule has 1 aromatic heterocycles. The molecular weight excluding hydrogens is 535 g/mol. The van der Waals surface area contributed by atoms with Crippen LogP contribution in [0.15, 0.2) is 51.8 Å². The standard InChI is InChI=1S/C17H7F9O4S3/c18-14(19,16(22,23)24)15(20,21)17(25,26)33(27,28)30-32-8-5-6-12-10(7-8)13(31)9-3-1-2-4-11(9)29-12/h1-7H. The molecule has 0 aliphatic rings. The third kappa shape index (κ3) is 4.06. The Labute approximate surface area is 187 Å². The lowest BCUT2D eigenvalue weighted by Crippen LogP contribution is -2.63. The number of benzene rings is 2. The number of fused-ring (bicyclic) bond motifs is 2. The SMILES string of the molecule is O=S(=O)(OSc1ccc2oc3ccccc3c(=S)c2c1)C(F)(F)C(F)(F)C(F)(F)C(F)(F)F. The summed E-state index contributed by atoms with van der Waals surface area (Å²) in [7, 11) is -7.01. The number of hydrogen-bond acceptors (Lipinski definition) is 6. The Morgan fingerprint density at radius 2 is 1.39 bits per heavy atom. The van der Waals surface area contributed by atoms with E-state index in [2.05, 4.69) is 3.63 Å². The van der Waals surface area contributed by atoms with E-state index in [1.165, 1.54) is 6.07 Å². The lowest BCUT2D eigenvalue weighted by Gasteiger charge is -2.32. The molecule has 0 radical (unpaired) electrons. The van der Waals surface area contributed by atoms with Crippen molar-refractivity contribution < 1.29 is 56.0 Å². The summed E-state index contributed by atoms with van der Waals surface area (Å²) in [4.78, 5) is -0.343. The average molecular weight is 542 g/mol. The first kappa shape index (κ1) is 25.6. The third-order valence-electron chi connectivity index (χ3n) is 4.20. The van der Waals surface area contributed by atoms with Crippen molar-refractivity contribution in [2.24, 2.45) is 0 Å². The van der Waals surface area contributed by atoms with Gasteiger partial charge in [0.15, 0.2) is 0 Å². The Hall–Kier alpha value is -2.04. The second-order valence-corrected chi connectivity index (χ2v) is 9.37. The van der Waals surface area contributed by atoms with E-state index in [4.69, 9.17) is 16.6 Å². The van der Waals surface area contributed by atoms with Crippen LogP contribution in [0.3, 0.4) is 0 Å². The maximum Gasteiger partial charge on any atom is 0.460 e. The molecule has 0 unspecified atom stereocenters. The first-order valence-corrected chi connectivity index (χ1v) is 10.8. The molecule has 1 heterocycles. The van der Waals surface area contributed by atoms with Crippen LogP contribution >= 0.6 is 24.3 Å². The second kappa shape index (κ2) is 8.02. The lowest BCUT2D eigenvalue weighted by atomic mass is 10.1. The molecule has 0 fully saturated rings. The molecule has 0 amide bonds. The fourth-order valence-electron chi connectivity index (χ4n) is 2.48. The minimum atomic E-state index is -7.38. The van der Waals surface area contributed by atoms with Crippen LogP contribution in [-0.4, -0.2) is 31.7 Å². The number of alkyl halides is 9. The third-order valence-corrected chi connectivity index (χ3v) is 6.96. The van der Waals surface area contributed by atoms with Crippen molar-refractivity contribution in [3.05, 3.63) is 47.0 Å². The molecule has 0 aliphatic carbocycles. The average Bonchev–Trinajstić information content (AvgIpc) is 2.71. The van der Waals surface area contributed by atoms with Crippen molar-refractivity contribution >= 4 is 56.3 Å². The Balaban J connectivity index is 1.94. The van der Waals surface area contributed by atoms with E-state index in [0.29, 0.717) is 11.0 Å². The van der Waals surface area contributed by atoms with Gasteiger partial charge in [-0.15, -0.1) is 0 Å². The van der Waals surface area contributed by atoms with Crippen LogP contribution in [0.1, 0.15) is 0 Å². The molecule has 0 aliphatic heterocycles. The summed E-state index contributed by atoms with van der Waals surface area (Å²) in [5.74, 6) is -14.8. The van der Waals surface area contributed by atoms with E-state index >= 15 is 0 Å². The molecule has 2 aromatic carbocycles. The summed E-state index contributed by atoms with van der Waals surface area (Å²) < 4.78 is 149. The van der Waals surface area contributed by atoms with Gasteiger partial charge in [-0.05, 0) is 30.3 Å². The minimum absolute atomic E-state index is 0.149. The van der Waals surface area contributed by atoms with Crippen molar-refractivity contribution in [3.63, 3.8) is 0 Å². The van der Waals surface area contributed by atoms with E-state index in [1.807, 2.05) is 0 Å². The summed E-state index contributed by atoms with van der Waals surface area (Å²) in [6.45, 7) is 0. The van der Waals surface area contributed by atoms with Gasteiger partial charge in [0, 0.05) is 27.7 Å². The van der Waals surface area contributed by atoms with Crippen LogP contribution in [0.25, 0.3) is 21.9 Å². The quantitative estimate of drug-likeness (QED) is 0.143. The molecule has 33 heavy (non-hydrogen) atoms. The highest BCUT2D eigenvalue weighted by Crippen LogP contribution is 2.55. The van der Waals surface area contributed by atoms with E-state index in [9.17, 15) is 47.9 Å². The van der Waals surface area contributed by atoms with Gasteiger partial charge in [0.2, 0.25) is 0 Å². The van der Waals surface area contributed by atoms with Gasteiger partial charge in [-0.3, -0.25) is 0 Å². The number of halogens is 9. The zero-order valence-electron chi connectivity index (χ0n) is 15.3. The van der Waals surface area contributed by atoms with Crippen LogP contribution in [0.2, 0.25) is 0 Å². The molecule has 0 spiro atoms. The maximum absolute atomic E-state index is 13.7. The highest BCUT2D eigenvalue weighted by Gasteiger charge is 2.85. The summed E-state index contributed by atoms with van der Waals surface area (Å²) in [5, 5.41) is -6.36. The van der Waals surface area contributed by atoms with E-state index < -0.39 is 45.4 Å². The zero-order valence-corrected chi connectivity index (χ0v) is 17.8. The Morgan fingerprint density at radius 1 is 0.818 bits per heavy atom. The number of para-hydroxylation sites is 1. The van der Waals surface area contributed by atoms with E-state index in [0.717, 1.165) is 12.1 Å². The molecule has 3 rings (SSSR count). The minimum Gasteiger partial charge on any atom is -0.456 e. The normalized spacial score (nSPS) is 14.2. The van der Waals surface area contributed by atoms with Crippen molar-refractivity contribution in [1.29, 1.82) is 0 Å². The Bertz CT molecular complexity index is 1380. The van der Waals surface area contributed by atoms with Gasteiger partial charge in [-0.1, -0.05) is 24.4 Å². The van der Waals surface area contributed by atoms with Crippen LogP contribution in [0.4, 0.5) is 39.5 Å². The molecule has 4 nitrogen and oxygen atoms in total. The molecule has 0 bridgehead atoms. The smallest absolute Gasteiger partial charge is 0.456 e. The molecule has 16 heteroatoms. The summed E-state index contributed by atoms with van der Waals surface area (Å²) >= 11 is 4.76. The van der Waals surface area contributed by atoms with Gasteiger partial charge in [-0.25, -0.2) is 0 Å². The second-order valence-electron chi connectivity index (χ2n) is 6.35. The molecular formula is C17H7F9O4S3. The van der Waals surface area contributed by atoms with Gasteiger partial charge in [-0.2, -0.15) is 51.6 Å². The van der Waals surface area contributed by atoms with Gasteiger partial charge in [0.05, 0.1) is 4.51 Å². The number of hydrogen-bond donors (Lipinski definition) is 0. The summed E-state index contributed by atoms with van der Waals surface area (Å²) in [5.41, 5.74) is 0.536. The lowest BCUT2D eigenvalue weighted by molar-refractivity contribution is -0.382. The largest absolute Gasteiger partial charge is 0.460 e.